The van der Waals surface area contributed by atoms with Crippen molar-refractivity contribution in [3.05, 3.63) is 68.5 Å². The lowest BCUT2D eigenvalue weighted by Gasteiger charge is -2.32. The molecule has 7 nitrogen and oxygen atoms in total. The van der Waals surface area contributed by atoms with Crippen LogP contribution in [0.15, 0.2) is 52.1 Å². The van der Waals surface area contributed by atoms with Gasteiger partial charge < -0.3 is 9.88 Å². The van der Waals surface area contributed by atoms with Gasteiger partial charge in [0.1, 0.15) is 0 Å². The summed E-state index contributed by atoms with van der Waals surface area (Å²) in [4.78, 5) is 31.0. The molecule has 0 aliphatic carbocycles. The molecule has 174 valence electrons. The second-order valence-corrected chi connectivity index (χ2v) is 9.71. The number of para-hydroxylation sites is 2. The Hall–Kier alpha value is -2.77. The van der Waals surface area contributed by atoms with Gasteiger partial charge in [-0.05, 0) is 70.0 Å². The van der Waals surface area contributed by atoms with E-state index in [1.54, 1.807) is 0 Å². The van der Waals surface area contributed by atoms with Gasteiger partial charge in [-0.3, -0.25) is 13.7 Å². The third-order valence-corrected chi connectivity index (χ3v) is 7.08. The van der Waals surface area contributed by atoms with Gasteiger partial charge in [0.05, 0.1) is 22.1 Å². The number of hydrogen-bond donors (Lipinski definition) is 1. The number of aromatic amines is 1. The quantitative estimate of drug-likeness (QED) is 0.456. The molecule has 1 saturated heterocycles. The molecule has 0 unspecified atom stereocenters. The molecule has 5 rings (SSSR count). The van der Waals surface area contributed by atoms with Gasteiger partial charge in [-0.15, -0.1) is 0 Å². The number of hydrogen-bond acceptors (Lipinski definition) is 3. The van der Waals surface area contributed by atoms with E-state index < -0.39 is 0 Å². The standard InChI is InChI=1S/C25H30ClN5O2/c1-17(2)30-23-7-4-3-6-22(23)29(25(30)33)13-5-12-28-14-10-19(11-15-28)31-21-9-8-18(26)16-20(21)27-24(31)32/h3-4,6-9,16-17,19H,5,10-15H2,1-2H3,(H,27,32). The van der Waals surface area contributed by atoms with Gasteiger partial charge in [-0.1, -0.05) is 23.7 Å². The summed E-state index contributed by atoms with van der Waals surface area (Å²) in [6, 6.07) is 13.9. The Morgan fingerprint density at radius 1 is 1.00 bits per heavy atom. The lowest BCUT2D eigenvalue weighted by atomic mass is 10.0. The second kappa shape index (κ2) is 8.88. The highest BCUT2D eigenvalue weighted by Gasteiger charge is 2.23. The number of H-pyrrole nitrogens is 1. The van der Waals surface area contributed by atoms with Crippen molar-refractivity contribution < 1.29 is 0 Å². The molecule has 2 aromatic carbocycles. The van der Waals surface area contributed by atoms with Crippen molar-refractivity contribution in [2.75, 3.05) is 19.6 Å². The molecule has 1 fully saturated rings. The van der Waals surface area contributed by atoms with Gasteiger partial charge in [0, 0.05) is 36.7 Å². The van der Waals surface area contributed by atoms with E-state index in [1.165, 1.54) is 0 Å². The zero-order chi connectivity index (χ0) is 23.1. The van der Waals surface area contributed by atoms with Crippen molar-refractivity contribution in [2.24, 2.45) is 0 Å². The Kier molecular flexibility index (Phi) is 5.93. The van der Waals surface area contributed by atoms with Gasteiger partial charge in [-0.25, -0.2) is 9.59 Å². The van der Waals surface area contributed by atoms with E-state index in [2.05, 4.69) is 23.7 Å². The van der Waals surface area contributed by atoms with Crippen LogP contribution < -0.4 is 11.4 Å². The van der Waals surface area contributed by atoms with Crippen molar-refractivity contribution >= 4 is 33.7 Å². The van der Waals surface area contributed by atoms with Crippen molar-refractivity contribution in [2.45, 2.75) is 51.7 Å². The lowest BCUT2D eigenvalue weighted by Crippen LogP contribution is -2.38. The van der Waals surface area contributed by atoms with E-state index in [9.17, 15) is 9.59 Å². The maximum atomic E-state index is 13.0. The number of aryl methyl sites for hydroxylation is 1. The summed E-state index contributed by atoms with van der Waals surface area (Å²) in [6.45, 7) is 7.65. The molecular formula is C25H30ClN5O2. The van der Waals surface area contributed by atoms with Crippen LogP contribution in [0.5, 0.6) is 0 Å². The molecule has 33 heavy (non-hydrogen) atoms. The Bertz CT molecular complexity index is 1400. The number of aromatic nitrogens is 4. The Morgan fingerprint density at radius 2 is 1.73 bits per heavy atom. The predicted molar refractivity (Wildman–Crippen MR) is 133 cm³/mol. The fraction of sp³-hybridized carbons (Fsp3) is 0.440. The molecule has 0 atom stereocenters. The minimum Gasteiger partial charge on any atom is -0.305 e. The number of nitrogens with zero attached hydrogens (tertiary/aromatic N) is 4. The first-order chi connectivity index (χ1) is 15.9. The van der Waals surface area contributed by atoms with Gasteiger partial charge in [0.25, 0.3) is 0 Å². The molecule has 1 aliphatic rings. The fourth-order valence-corrected chi connectivity index (χ4v) is 5.44. The number of imidazole rings is 2. The fourth-order valence-electron chi connectivity index (χ4n) is 5.27. The summed E-state index contributed by atoms with van der Waals surface area (Å²) in [5, 5.41) is 0.626. The summed E-state index contributed by atoms with van der Waals surface area (Å²) in [5.74, 6) is 0. The SMILES string of the molecule is CC(C)n1c(=O)n(CCCN2CCC(n3c(=O)[nH]c4cc(Cl)ccc43)CC2)c2ccccc21. The van der Waals surface area contributed by atoms with Crippen LogP contribution >= 0.6 is 11.6 Å². The average molecular weight is 468 g/mol. The average Bonchev–Trinajstić information content (AvgIpc) is 3.27. The lowest BCUT2D eigenvalue weighted by molar-refractivity contribution is 0.183. The van der Waals surface area contributed by atoms with Crippen molar-refractivity contribution in [1.82, 2.24) is 23.6 Å². The highest BCUT2D eigenvalue weighted by Crippen LogP contribution is 2.26. The van der Waals surface area contributed by atoms with Crippen LogP contribution in [0.2, 0.25) is 5.02 Å². The third-order valence-electron chi connectivity index (χ3n) is 6.84. The molecule has 2 aromatic heterocycles. The number of halogens is 1. The molecular weight excluding hydrogens is 438 g/mol. The molecule has 0 amide bonds. The Labute approximate surface area is 197 Å². The first-order valence-electron chi connectivity index (χ1n) is 11.8. The molecule has 3 heterocycles. The molecule has 0 spiro atoms. The number of rotatable bonds is 6. The summed E-state index contributed by atoms with van der Waals surface area (Å²) < 4.78 is 5.69. The van der Waals surface area contributed by atoms with Crippen LogP contribution in [0.25, 0.3) is 22.1 Å². The monoisotopic (exact) mass is 467 g/mol. The Morgan fingerprint density at radius 3 is 2.45 bits per heavy atom. The van der Waals surface area contributed by atoms with Crippen LogP contribution in [0.1, 0.15) is 45.2 Å². The zero-order valence-corrected chi connectivity index (χ0v) is 19.9. The smallest absolute Gasteiger partial charge is 0.305 e. The maximum Gasteiger partial charge on any atom is 0.329 e. The number of benzene rings is 2. The first kappa shape index (κ1) is 22.0. The number of likely N-dealkylation sites (tertiary alicyclic amines) is 1. The largest absolute Gasteiger partial charge is 0.329 e. The summed E-state index contributed by atoms with van der Waals surface area (Å²) in [6.07, 6.45) is 2.78. The molecule has 4 aromatic rings. The highest BCUT2D eigenvalue weighted by molar-refractivity contribution is 6.31. The third kappa shape index (κ3) is 4.04. The second-order valence-electron chi connectivity index (χ2n) is 9.27. The van der Waals surface area contributed by atoms with E-state index in [1.807, 2.05) is 56.2 Å². The zero-order valence-electron chi connectivity index (χ0n) is 19.1. The summed E-state index contributed by atoms with van der Waals surface area (Å²) >= 11 is 6.08. The van der Waals surface area contributed by atoms with E-state index in [-0.39, 0.29) is 23.5 Å². The Balaban J connectivity index is 1.23. The molecule has 8 heteroatoms. The van der Waals surface area contributed by atoms with E-state index in [0.717, 1.165) is 61.0 Å². The van der Waals surface area contributed by atoms with Gasteiger partial charge in [0.2, 0.25) is 0 Å². The van der Waals surface area contributed by atoms with Crippen LogP contribution in [0.3, 0.4) is 0 Å². The van der Waals surface area contributed by atoms with Crippen molar-refractivity contribution in [3.63, 3.8) is 0 Å². The summed E-state index contributed by atoms with van der Waals surface area (Å²) in [5.41, 5.74) is 3.73. The molecule has 1 N–H and O–H groups in total. The van der Waals surface area contributed by atoms with E-state index in [4.69, 9.17) is 11.6 Å². The van der Waals surface area contributed by atoms with Gasteiger partial charge in [0.15, 0.2) is 0 Å². The van der Waals surface area contributed by atoms with Gasteiger partial charge in [-0.2, -0.15) is 0 Å². The topological polar surface area (TPSA) is 68.0 Å². The molecule has 0 radical (unpaired) electrons. The van der Waals surface area contributed by atoms with Crippen LogP contribution in [0, 0.1) is 0 Å². The highest BCUT2D eigenvalue weighted by atomic mass is 35.5. The van der Waals surface area contributed by atoms with Crippen LogP contribution in [-0.2, 0) is 6.54 Å². The van der Waals surface area contributed by atoms with Gasteiger partial charge >= 0.3 is 11.4 Å². The van der Waals surface area contributed by atoms with Crippen molar-refractivity contribution in [3.8, 4) is 0 Å². The van der Waals surface area contributed by atoms with Crippen LogP contribution in [-0.4, -0.2) is 43.2 Å². The normalized spacial score (nSPS) is 15.9. The number of piperidine rings is 1. The predicted octanol–water partition coefficient (Wildman–Crippen LogP) is 4.41. The van der Waals surface area contributed by atoms with E-state index in [0.29, 0.717) is 11.6 Å². The first-order valence-corrected chi connectivity index (χ1v) is 12.1. The maximum absolute atomic E-state index is 13.0. The molecule has 1 aliphatic heterocycles. The number of nitrogens with one attached hydrogen (secondary N) is 1. The summed E-state index contributed by atoms with van der Waals surface area (Å²) in [7, 11) is 0. The van der Waals surface area contributed by atoms with Crippen molar-refractivity contribution in [1.29, 1.82) is 0 Å². The minimum atomic E-state index is -0.0633. The number of fused-ring (bicyclic) bond motifs is 2. The van der Waals surface area contributed by atoms with Crippen LogP contribution in [0.4, 0.5) is 0 Å². The molecule has 0 bridgehead atoms. The molecule has 0 saturated carbocycles. The van der Waals surface area contributed by atoms with E-state index >= 15 is 0 Å². The minimum absolute atomic E-state index is 0.0633.